The van der Waals surface area contributed by atoms with Crippen LogP contribution in [0.4, 0.5) is 0 Å². The van der Waals surface area contributed by atoms with E-state index in [1.165, 1.54) is 0 Å². The van der Waals surface area contributed by atoms with Crippen LogP contribution in [0.5, 0.6) is 11.5 Å². The summed E-state index contributed by atoms with van der Waals surface area (Å²) in [5, 5.41) is 20.0. The van der Waals surface area contributed by atoms with Gasteiger partial charge in [0.15, 0.2) is 0 Å². The summed E-state index contributed by atoms with van der Waals surface area (Å²) in [4.78, 5) is 0. The Morgan fingerprint density at radius 1 is 0.605 bits per heavy atom. The summed E-state index contributed by atoms with van der Waals surface area (Å²) in [6, 6.07) is 35.2. The van der Waals surface area contributed by atoms with Gasteiger partial charge in [0.25, 0.3) is 0 Å². The average molecular weight is 511 g/mol. The first kappa shape index (κ1) is 27.1. The van der Waals surface area contributed by atoms with Gasteiger partial charge in [-0.25, -0.2) is 0 Å². The Morgan fingerprint density at radius 2 is 1.26 bits per heavy atom. The zero-order valence-electron chi connectivity index (χ0n) is 21.5. The number of hydrogen-bond donors (Lipinski definition) is 2. The van der Waals surface area contributed by atoms with Gasteiger partial charge in [0.1, 0.15) is 18.1 Å². The van der Waals surface area contributed by atoms with Gasteiger partial charge in [0.2, 0.25) is 0 Å². The van der Waals surface area contributed by atoms with Gasteiger partial charge in [-0.15, -0.1) is 0 Å². The minimum absolute atomic E-state index is 0.0189. The molecule has 0 spiro atoms. The van der Waals surface area contributed by atoms with Crippen LogP contribution < -0.4 is 4.74 Å². The number of aliphatic hydroxyl groups excluding tert-OH is 1. The van der Waals surface area contributed by atoms with E-state index in [2.05, 4.69) is 0 Å². The van der Waals surface area contributed by atoms with Gasteiger partial charge < -0.3 is 24.4 Å². The van der Waals surface area contributed by atoms with Crippen molar-refractivity contribution in [3.63, 3.8) is 0 Å². The third kappa shape index (κ3) is 8.05. The van der Waals surface area contributed by atoms with Gasteiger partial charge in [-0.3, -0.25) is 0 Å². The van der Waals surface area contributed by atoms with E-state index in [0.29, 0.717) is 39.5 Å². The maximum absolute atomic E-state index is 10.2. The summed E-state index contributed by atoms with van der Waals surface area (Å²) in [5.74, 6) is 0.943. The first-order chi connectivity index (χ1) is 18.7. The number of phenolic OH excluding ortho intramolecular Hbond substituents is 1. The van der Waals surface area contributed by atoms with Crippen LogP contribution in [0.3, 0.4) is 0 Å². The average Bonchev–Trinajstić information content (AvgIpc) is 2.96. The Morgan fingerprint density at radius 3 is 1.97 bits per heavy atom. The van der Waals surface area contributed by atoms with E-state index in [9.17, 15) is 10.2 Å². The van der Waals surface area contributed by atoms with Gasteiger partial charge in [0.05, 0.1) is 26.4 Å². The summed E-state index contributed by atoms with van der Waals surface area (Å²) < 4.78 is 17.1. The number of aliphatic hydroxyl groups is 1. The number of hydrogen-bond acceptors (Lipinski definition) is 5. The molecule has 0 heterocycles. The van der Waals surface area contributed by atoms with Crippen LogP contribution in [-0.4, -0.2) is 43.2 Å². The molecule has 0 aromatic heterocycles. The van der Waals surface area contributed by atoms with Crippen molar-refractivity contribution in [3.05, 3.63) is 131 Å². The Kier molecular flexibility index (Phi) is 10.5. The molecule has 0 bridgehead atoms. The molecule has 0 unspecified atom stereocenters. The molecule has 0 radical (unpaired) electrons. The van der Waals surface area contributed by atoms with Crippen LogP contribution >= 0.6 is 0 Å². The van der Waals surface area contributed by atoms with E-state index in [1.54, 1.807) is 12.1 Å². The summed E-state index contributed by atoms with van der Waals surface area (Å²) in [7, 11) is 0. The molecule has 4 aromatic carbocycles. The summed E-state index contributed by atoms with van der Waals surface area (Å²) >= 11 is 0. The highest BCUT2D eigenvalue weighted by atomic mass is 16.5. The predicted octanol–water partition coefficient (Wildman–Crippen LogP) is 6.35. The molecule has 0 aliphatic rings. The highest BCUT2D eigenvalue weighted by Gasteiger charge is 2.15. The van der Waals surface area contributed by atoms with Gasteiger partial charge in [0, 0.05) is 6.61 Å². The predicted molar refractivity (Wildman–Crippen MR) is 151 cm³/mol. The molecule has 38 heavy (non-hydrogen) atoms. The largest absolute Gasteiger partial charge is 0.508 e. The quantitative estimate of drug-likeness (QED) is 0.153. The van der Waals surface area contributed by atoms with Crippen LogP contribution in [0, 0.1) is 0 Å². The van der Waals surface area contributed by atoms with Crippen molar-refractivity contribution < 1.29 is 24.4 Å². The molecule has 0 atom stereocenters. The molecular weight excluding hydrogens is 476 g/mol. The highest BCUT2D eigenvalue weighted by Crippen LogP contribution is 2.36. The van der Waals surface area contributed by atoms with Gasteiger partial charge in [-0.1, -0.05) is 84.9 Å². The minimum atomic E-state index is 0.0189. The number of phenols is 1. The van der Waals surface area contributed by atoms with Gasteiger partial charge in [-0.2, -0.15) is 0 Å². The lowest BCUT2D eigenvalue weighted by molar-refractivity contribution is 0.0303. The van der Waals surface area contributed by atoms with E-state index >= 15 is 0 Å². The topological polar surface area (TPSA) is 68.2 Å². The Balaban J connectivity index is 1.37. The standard InChI is InChI=1S/C33H34O5/c34-19-18-32(27-10-5-2-6-11-27)33(29-12-7-13-30(35)24-29)28-14-16-31(17-15-28)38-23-22-36-20-21-37-25-26-8-3-1-4-9-26/h1-17,24,34-35H,18-23,25H2. The van der Waals surface area contributed by atoms with E-state index in [0.717, 1.165) is 39.1 Å². The van der Waals surface area contributed by atoms with Crippen LogP contribution in [0.1, 0.15) is 28.7 Å². The molecular formula is C33H34O5. The van der Waals surface area contributed by atoms with E-state index in [4.69, 9.17) is 14.2 Å². The molecule has 0 aliphatic heterocycles. The Labute approximate surface area is 224 Å². The molecule has 0 saturated carbocycles. The first-order valence-electron chi connectivity index (χ1n) is 12.9. The molecule has 2 N–H and O–H groups in total. The van der Waals surface area contributed by atoms with Crippen LogP contribution in [0.15, 0.2) is 109 Å². The molecule has 0 saturated heterocycles. The first-order valence-corrected chi connectivity index (χ1v) is 12.9. The molecule has 4 rings (SSSR count). The fourth-order valence-electron chi connectivity index (χ4n) is 4.26. The van der Waals surface area contributed by atoms with Crippen LogP contribution in [0.25, 0.3) is 11.1 Å². The Bertz CT molecular complexity index is 1270. The maximum Gasteiger partial charge on any atom is 0.119 e. The number of ether oxygens (including phenoxy) is 3. The lowest BCUT2D eigenvalue weighted by Gasteiger charge is -2.17. The minimum Gasteiger partial charge on any atom is -0.508 e. The summed E-state index contributed by atoms with van der Waals surface area (Å²) in [6.07, 6.45) is 0.486. The van der Waals surface area contributed by atoms with Crippen molar-refractivity contribution in [3.8, 4) is 11.5 Å². The zero-order valence-corrected chi connectivity index (χ0v) is 21.5. The number of benzene rings is 4. The molecule has 0 fully saturated rings. The lowest BCUT2D eigenvalue weighted by atomic mass is 9.88. The molecule has 196 valence electrons. The zero-order chi connectivity index (χ0) is 26.4. The summed E-state index contributed by atoms with van der Waals surface area (Å²) in [6.45, 7) is 2.56. The fraction of sp³-hybridized carbons (Fsp3) is 0.212. The van der Waals surface area contributed by atoms with Crippen LogP contribution in [-0.2, 0) is 16.1 Å². The Hall–Kier alpha value is -3.90. The van der Waals surface area contributed by atoms with Crippen molar-refractivity contribution in [1.29, 1.82) is 0 Å². The van der Waals surface area contributed by atoms with Gasteiger partial charge >= 0.3 is 0 Å². The van der Waals surface area contributed by atoms with Crippen molar-refractivity contribution in [2.24, 2.45) is 0 Å². The van der Waals surface area contributed by atoms with Crippen LogP contribution in [0.2, 0.25) is 0 Å². The van der Waals surface area contributed by atoms with E-state index in [1.807, 2.05) is 97.1 Å². The van der Waals surface area contributed by atoms with E-state index < -0.39 is 0 Å². The lowest BCUT2D eigenvalue weighted by Crippen LogP contribution is -2.10. The normalized spacial score (nSPS) is 11.7. The third-order valence-corrected chi connectivity index (χ3v) is 6.04. The number of rotatable bonds is 14. The molecule has 5 heteroatoms. The molecule has 4 aromatic rings. The monoisotopic (exact) mass is 510 g/mol. The van der Waals surface area contributed by atoms with Crippen molar-refractivity contribution in [2.75, 3.05) is 33.0 Å². The van der Waals surface area contributed by atoms with E-state index in [-0.39, 0.29) is 12.4 Å². The SMILES string of the molecule is OCCC(=C(c1ccc(OCCOCCOCc2ccccc2)cc1)c1cccc(O)c1)c1ccccc1. The van der Waals surface area contributed by atoms with Crippen molar-refractivity contribution in [2.45, 2.75) is 13.0 Å². The molecule has 0 aliphatic carbocycles. The second kappa shape index (κ2) is 14.7. The van der Waals surface area contributed by atoms with Crippen molar-refractivity contribution in [1.82, 2.24) is 0 Å². The second-order valence-corrected chi connectivity index (χ2v) is 8.77. The molecule has 0 amide bonds. The summed E-state index contributed by atoms with van der Waals surface area (Å²) in [5.41, 5.74) is 6.01. The molecule has 5 nitrogen and oxygen atoms in total. The fourth-order valence-corrected chi connectivity index (χ4v) is 4.26. The smallest absolute Gasteiger partial charge is 0.119 e. The number of aromatic hydroxyl groups is 1. The van der Waals surface area contributed by atoms with Crippen molar-refractivity contribution >= 4 is 11.1 Å². The maximum atomic E-state index is 10.2. The highest BCUT2D eigenvalue weighted by molar-refractivity contribution is 5.98. The second-order valence-electron chi connectivity index (χ2n) is 8.77. The third-order valence-electron chi connectivity index (χ3n) is 6.04. The van der Waals surface area contributed by atoms with Gasteiger partial charge in [-0.05, 0) is 64.1 Å².